The van der Waals surface area contributed by atoms with E-state index in [0.717, 1.165) is 0 Å². The molecule has 0 aliphatic carbocycles. The number of carbonyl (C=O) groups is 2. The minimum absolute atomic E-state index is 0.0447. The van der Waals surface area contributed by atoms with Gasteiger partial charge in [-0.25, -0.2) is 0 Å². The molecule has 24 heavy (non-hydrogen) atoms. The van der Waals surface area contributed by atoms with Crippen LogP contribution in [0, 0.1) is 22.7 Å². The third-order valence-corrected chi connectivity index (χ3v) is 3.79. The van der Waals surface area contributed by atoms with E-state index in [1.807, 2.05) is 24.3 Å². The highest BCUT2D eigenvalue weighted by Crippen LogP contribution is 2.21. The molecule has 0 aromatic heterocycles. The molecular weight excluding hydrogens is 300 g/mol. The van der Waals surface area contributed by atoms with Crippen LogP contribution in [0.25, 0.3) is 0 Å². The van der Waals surface area contributed by atoms with Crippen LogP contribution in [0.1, 0.15) is 35.8 Å². The van der Waals surface area contributed by atoms with Crippen LogP contribution in [0.3, 0.4) is 0 Å². The van der Waals surface area contributed by atoms with E-state index in [2.05, 4.69) is 0 Å². The smallest absolute Gasteiger partial charge is 0.154 e. The van der Waals surface area contributed by atoms with Crippen molar-refractivity contribution < 1.29 is 9.59 Å². The van der Waals surface area contributed by atoms with Gasteiger partial charge in [-0.1, -0.05) is 60.7 Å². The number of Topliss-reactive ketones (excluding diaryl/α,β-unsaturated/α-hetero) is 2. The van der Waals surface area contributed by atoms with Gasteiger partial charge < -0.3 is 0 Å². The highest BCUT2D eigenvalue weighted by Gasteiger charge is 2.24. The summed E-state index contributed by atoms with van der Waals surface area (Å²) < 4.78 is 0. The summed E-state index contributed by atoms with van der Waals surface area (Å²) >= 11 is 0. The van der Waals surface area contributed by atoms with Crippen molar-refractivity contribution in [3.8, 4) is 12.1 Å². The van der Waals surface area contributed by atoms with E-state index in [4.69, 9.17) is 0 Å². The lowest BCUT2D eigenvalue weighted by Gasteiger charge is -2.10. The third-order valence-electron chi connectivity index (χ3n) is 3.79. The predicted octanol–water partition coefficient (Wildman–Crippen LogP) is 3.52. The summed E-state index contributed by atoms with van der Waals surface area (Å²) in [6, 6.07) is 21.5. The van der Waals surface area contributed by atoms with E-state index in [1.54, 1.807) is 48.5 Å². The van der Waals surface area contributed by atoms with E-state index in [1.165, 1.54) is 0 Å². The molecule has 0 amide bonds. The minimum atomic E-state index is -0.878. The van der Waals surface area contributed by atoms with Crippen LogP contribution in [0.4, 0.5) is 0 Å². The Balaban J connectivity index is 2.02. The summed E-state index contributed by atoms with van der Waals surface area (Å²) in [6.07, 6.45) is -0.0893. The number of nitrogens with zero attached hydrogens (tertiary/aromatic N) is 2. The SMILES string of the molecule is N#C[C@H](C(=O)CCC(=O)[C@H](C#N)c1ccccc1)c1ccccc1. The minimum Gasteiger partial charge on any atom is -0.298 e. The lowest BCUT2D eigenvalue weighted by atomic mass is 9.89. The average molecular weight is 316 g/mol. The van der Waals surface area contributed by atoms with Crippen molar-refractivity contribution in [1.29, 1.82) is 10.5 Å². The van der Waals surface area contributed by atoms with Gasteiger partial charge in [0, 0.05) is 12.8 Å². The van der Waals surface area contributed by atoms with Crippen molar-refractivity contribution in [2.24, 2.45) is 0 Å². The fourth-order valence-corrected chi connectivity index (χ4v) is 2.49. The molecule has 0 N–H and O–H groups in total. The molecule has 4 nitrogen and oxygen atoms in total. The molecule has 0 fully saturated rings. The molecule has 0 aliphatic heterocycles. The average Bonchev–Trinajstić information content (AvgIpc) is 2.63. The second-order valence-electron chi connectivity index (χ2n) is 5.38. The second kappa shape index (κ2) is 8.41. The first-order valence-electron chi connectivity index (χ1n) is 7.62. The molecule has 118 valence electrons. The summed E-state index contributed by atoms with van der Waals surface area (Å²) in [6.45, 7) is 0. The fraction of sp³-hybridized carbons (Fsp3) is 0.200. The third kappa shape index (κ3) is 4.15. The summed E-state index contributed by atoms with van der Waals surface area (Å²) in [5, 5.41) is 18.5. The highest BCUT2D eigenvalue weighted by atomic mass is 16.1. The number of carbonyl (C=O) groups excluding carboxylic acids is 2. The molecule has 0 saturated carbocycles. The zero-order valence-electron chi connectivity index (χ0n) is 13.1. The molecule has 0 radical (unpaired) electrons. The van der Waals surface area contributed by atoms with Gasteiger partial charge in [0.05, 0.1) is 12.1 Å². The largest absolute Gasteiger partial charge is 0.298 e. The first kappa shape index (κ1) is 17.1. The molecule has 0 unspecified atom stereocenters. The number of rotatable bonds is 7. The van der Waals surface area contributed by atoms with Gasteiger partial charge in [0.2, 0.25) is 0 Å². The zero-order valence-corrected chi connectivity index (χ0v) is 13.1. The van der Waals surface area contributed by atoms with E-state index in [0.29, 0.717) is 11.1 Å². The highest BCUT2D eigenvalue weighted by molar-refractivity contribution is 5.94. The Morgan fingerprint density at radius 2 is 1.04 bits per heavy atom. The lowest BCUT2D eigenvalue weighted by molar-refractivity contribution is -0.124. The fourth-order valence-electron chi connectivity index (χ4n) is 2.49. The van der Waals surface area contributed by atoms with Gasteiger partial charge in [-0.05, 0) is 11.1 Å². The maximum Gasteiger partial charge on any atom is 0.154 e. The monoisotopic (exact) mass is 316 g/mol. The van der Waals surface area contributed by atoms with Gasteiger partial charge in [-0.3, -0.25) is 9.59 Å². The number of nitriles is 2. The molecule has 0 heterocycles. The quantitative estimate of drug-likeness (QED) is 0.782. The van der Waals surface area contributed by atoms with Crippen molar-refractivity contribution >= 4 is 11.6 Å². The number of ketones is 2. The summed E-state index contributed by atoms with van der Waals surface area (Å²) in [5.41, 5.74) is 1.25. The Morgan fingerprint density at radius 3 is 1.33 bits per heavy atom. The van der Waals surface area contributed by atoms with E-state index >= 15 is 0 Å². The molecule has 2 aromatic carbocycles. The molecule has 0 spiro atoms. The van der Waals surface area contributed by atoms with E-state index < -0.39 is 11.8 Å². The van der Waals surface area contributed by atoms with Crippen molar-refractivity contribution in [2.45, 2.75) is 24.7 Å². The second-order valence-corrected chi connectivity index (χ2v) is 5.38. The number of hydrogen-bond acceptors (Lipinski definition) is 4. The van der Waals surface area contributed by atoms with Gasteiger partial charge in [-0.2, -0.15) is 10.5 Å². The van der Waals surface area contributed by atoms with Gasteiger partial charge >= 0.3 is 0 Å². The molecule has 0 bridgehead atoms. The molecule has 2 atom stereocenters. The molecule has 2 aromatic rings. The van der Waals surface area contributed by atoms with Crippen molar-refractivity contribution in [3.05, 3.63) is 71.8 Å². The Kier molecular flexibility index (Phi) is 6.00. The summed E-state index contributed by atoms with van der Waals surface area (Å²) in [4.78, 5) is 24.5. The molecule has 0 saturated heterocycles. The van der Waals surface area contributed by atoms with Crippen LogP contribution in [0.2, 0.25) is 0 Å². The predicted molar refractivity (Wildman–Crippen MR) is 88.8 cm³/mol. The Morgan fingerprint density at radius 1 is 0.708 bits per heavy atom. The van der Waals surface area contributed by atoms with E-state index in [9.17, 15) is 20.1 Å². The molecule has 0 aliphatic rings. The molecule has 2 rings (SSSR count). The van der Waals surface area contributed by atoms with Gasteiger partial charge in [0.25, 0.3) is 0 Å². The molecule has 4 heteroatoms. The topological polar surface area (TPSA) is 81.7 Å². The number of benzene rings is 2. The first-order chi connectivity index (χ1) is 11.7. The van der Waals surface area contributed by atoms with Crippen LogP contribution < -0.4 is 0 Å². The maximum atomic E-state index is 12.3. The Hall–Kier alpha value is -3.24. The van der Waals surface area contributed by atoms with Gasteiger partial charge in [0.15, 0.2) is 11.6 Å². The zero-order chi connectivity index (χ0) is 17.4. The Labute approximate surface area is 141 Å². The van der Waals surface area contributed by atoms with Crippen molar-refractivity contribution in [1.82, 2.24) is 0 Å². The first-order valence-corrected chi connectivity index (χ1v) is 7.62. The van der Waals surface area contributed by atoms with Gasteiger partial charge in [0.1, 0.15) is 11.8 Å². The van der Waals surface area contributed by atoms with E-state index in [-0.39, 0.29) is 24.4 Å². The lowest BCUT2D eigenvalue weighted by Crippen LogP contribution is -2.16. The van der Waals surface area contributed by atoms with Crippen LogP contribution >= 0.6 is 0 Å². The Bertz CT molecular complexity index is 716. The van der Waals surface area contributed by atoms with Crippen LogP contribution in [0.15, 0.2) is 60.7 Å². The van der Waals surface area contributed by atoms with Crippen LogP contribution in [0.5, 0.6) is 0 Å². The summed E-state index contributed by atoms with van der Waals surface area (Å²) in [7, 11) is 0. The van der Waals surface area contributed by atoms with Crippen LogP contribution in [-0.2, 0) is 9.59 Å². The molecular formula is C20H16N2O2. The number of hydrogen-bond donors (Lipinski definition) is 0. The maximum absolute atomic E-state index is 12.3. The van der Waals surface area contributed by atoms with Crippen molar-refractivity contribution in [3.63, 3.8) is 0 Å². The van der Waals surface area contributed by atoms with Gasteiger partial charge in [-0.15, -0.1) is 0 Å². The van der Waals surface area contributed by atoms with Crippen molar-refractivity contribution in [2.75, 3.05) is 0 Å². The normalized spacial score (nSPS) is 12.4. The summed E-state index contributed by atoms with van der Waals surface area (Å²) in [5.74, 6) is -2.36. The van der Waals surface area contributed by atoms with Crippen LogP contribution in [-0.4, -0.2) is 11.6 Å². The standard InChI is InChI=1S/C20H16N2O2/c21-13-17(15-7-3-1-4-8-15)19(23)11-12-20(24)18(14-22)16-9-5-2-6-10-16/h1-10,17-18H,11-12H2/t17-,18+.